The summed E-state index contributed by atoms with van der Waals surface area (Å²) < 4.78 is 0. The van der Waals surface area contributed by atoms with Gasteiger partial charge in [-0.25, -0.2) is 4.98 Å². The van der Waals surface area contributed by atoms with Crippen molar-refractivity contribution in [3.05, 3.63) is 28.0 Å². The van der Waals surface area contributed by atoms with E-state index < -0.39 is 0 Å². The highest BCUT2D eigenvalue weighted by Gasteiger charge is 2.10. The molecule has 2 nitrogen and oxygen atoms in total. The molecule has 1 atom stereocenters. The third kappa shape index (κ3) is 3.63. The third-order valence-electron chi connectivity index (χ3n) is 2.63. The monoisotopic (exact) mass is 246 g/mol. The molecule has 1 aromatic rings. The molecule has 0 aliphatic carbocycles. The molecule has 15 heavy (non-hydrogen) atoms. The lowest BCUT2D eigenvalue weighted by Gasteiger charge is -2.23. The second-order valence-electron chi connectivity index (χ2n) is 3.73. The number of hydrogen-bond acceptors (Lipinski definition) is 2. The molecule has 1 aromatic heterocycles. The predicted octanol–water partition coefficient (Wildman–Crippen LogP) is 3.62. The molecular formula is C11H16Cl2N2. The molecule has 1 rings (SSSR count). The molecule has 0 radical (unpaired) electrons. The SMILES string of the molecule is CCC(C)N(C)Cc1nc(Cl)ccc1Cl. The van der Waals surface area contributed by atoms with Crippen molar-refractivity contribution in [3.8, 4) is 0 Å². The maximum absolute atomic E-state index is 6.04. The molecule has 0 aromatic carbocycles. The normalized spacial score (nSPS) is 13.2. The van der Waals surface area contributed by atoms with Gasteiger partial charge < -0.3 is 0 Å². The van der Waals surface area contributed by atoms with Crippen LogP contribution in [0.1, 0.15) is 26.0 Å². The van der Waals surface area contributed by atoms with Crippen LogP contribution in [0.25, 0.3) is 0 Å². The van der Waals surface area contributed by atoms with Crippen molar-refractivity contribution in [1.29, 1.82) is 0 Å². The molecule has 0 spiro atoms. The minimum Gasteiger partial charge on any atom is -0.298 e. The first-order valence-corrected chi connectivity index (χ1v) is 5.81. The summed E-state index contributed by atoms with van der Waals surface area (Å²) in [6.07, 6.45) is 1.11. The zero-order chi connectivity index (χ0) is 11.4. The average molecular weight is 247 g/mol. The molecule has 84 valence electrons. The van der Waals surface area contributed by atoms with Gasteiger partial charge in [-0.15, -0.1) is 0 Å². The Kier molecular flexibility index (Phi) is 4.84. The van der Waals surface area contributed by atoms with E-state index in [4.69, 9.17) is 23.2 Å². The van der Waals surface area contributed by atoms with Crippen molar-refractivity contribution in [2.24, 2.45) is 0 Å². The molecule has 0 fully saturated rings. The lowest BCUT2D eigenvalue weighted by atomic mass is 10.2. The number of hydrogen-bond donors (Lipinski definition) is 0. The van der Waals surface area contributed by atoms with E-state index in [-0.39, 0.29) is 0 Å². The summed E-state index contributed by atoms with van der Waals surface area (Å²) in [7, 11) is 2.06. The topological polar surface area (TPSA) is 16.1 Å². The minimum atomic E-state index is 0.493. The summed E-state index contributed by atoms with van der Waals surface area (Å²) in [5, 5.41) is 1.17. The molecule has 0 aliphatic rings. The highest BCUT2D eigenvalue weighted by Crippen LogP contribution is 2.19. The minimum absolute atomic E-state index is 0.493. The van der Waals surface area contributed by atoms with Crippen LogP contribution >= 0.6 is 23.2 Å². The first-order chi connectivity index (χ1) is 7.04. The van der Waals surface area contributed by atoms with Gasteiger partial charge in [-0.05, 0) is 32.5 Å². The standard InChI is InChI=1S/C11H16Cl2N2/c1-4-8(2)15(3)7-10-9(12)5-6-11(13)14-10/h5-6,8H,4,7H2,1-3H3. The largest absolute Gasteiger partial charge is 0.298 e. The molecule has 0 N–H and O–H groups in total. The number of pyridine rings is 1. The van der Waals surface area contributed by atoms with Crippen LogP contribution in [0.2, 0.25) is 10.2 Å². The van der Waals surface area contributed by atoms with Crippen LogP contribution in [-0.4, -0.2) is 23.0 Å². The lowest BCUT2D eigenvalue weighted by Crippen LogP contribution is -2.28. The fourth-order valence-corrected chi connectivity index (χ4v) is 1.60. The predicted molar refractivity (Wildman–Crippen MR) is 65.5 cm³/mol. The Morgan fingerprint density at radius 2 is 2.07 bits per heavy atom. The van der Waals surface area contributed by atoms with Gasteiger partial charge in [0, 0.05) is 12.6 Å². The average Bonchev–Trinajstić information content (AvgIpc) is 2.22. The first-order valence-electron chi connectivity index (χ1n) is 5.05. The van der Waals surface area contributed by atoms with Crippen molar-refractivity contribution in [3.63, 3.8) is 0 Å². The van der Waals surface area contributed by atoms with E-state index in [1.807, 2.05) is 0 Å². The van der Waals surface area contributed by atoms with E-state index in [2.05, 4.69) is 30.8 Å². The first kappa shape index (κ1) is 12.8. The van der Waals surface area contributed by atoms with E-state index >= 15 is 0 Å². The molecule has 0 aliphatic heterocycles. The second-order valence-corrected chi connectivity index (χ2v) is 4.53. The van der Waals surface area contributed by atoms with Crippen LogP contribution in [0.15, 0.2) is 12.1 Å². The van der Waals surface area contributed by atoms with E-state index in [0.717, 1.165) is 18.7 Å². The third-order valence-corrected chi connectivity index (χ3v) is 3.18. The van der Waals surface area contributed by atoms with E-state index in [1.54, 1.807) is 12.1 Å². The highest BCUT2D eigenvalue weighted by atomic mass is 35.5. The smallest absolute Gasteiger partial charge is 0.129 e. The van der Waals surface area contributed by atoms with Gasteiger partial charge >= 0.3 is 0 Å². The lowest BCUT2D eigenvalue weighted by molar-refractivity contribution is 0.241. The molecule has 1 unspecified atom stereocenters. The quantitative estimate of drug-likeness (QED) is 0.755. The Morgan fingerprint density at radius 3 is 2.67 bits per heavy atom. The Morgan fingerprint density at radius 1 is 1.40 bits per heavy atom. The molecule has 0 saturated carbocycles. The van der Waals surface area contributed by atoms with Gasteiger partial charge in [-0.1, -0.05) is 30.1 Å². The highest BCUT2D eigenvalue weighted by molar-refractivity contribution is 6.32. The summed E-state index contributed by atoms with van der Waals surface area (Å²) in [5.41, 5.74) is 0.840. The summed E-state index contributed by atoms with van der Waals surface area (Å²) in [6.45, 7) is 5.07. The van der Waals surface area contributed by atoms with E-state index in [0.29, 0.717) is 16.2 Å². The maximum Gasteiger partial charge on any atom is 0.129 e. The Hall–Kier alpha value is -0.310. The van der Waals surface area contributed by atoms with Crippen LogP contribution in [0.5, 0.6) is 0 Å². The van der Waals surface area contributed by atoms with E-state index in [9.17, 15) is 0 Å². The van der Waals surface area contributed by atoms with Gasteiger partial charge in [0.05, 0.1) is 10.7 Å². The zero-order valence-corrected chi connectivity index (χ0v) is 10.8. The van der Waals surface area contributed by atoms with Crippen molar-refractivity contribution >= 4 is 23.2 Å². The molecule has 4 heteroatoms. The summed E-state index contributed by atoms with van der Waals surface area (Å²) in [5.74, 6) is 0. The number of aromatic nitrogens is 1. The number of nitrogens with zero attached hydrogens (tertiary/aromatic N) is 2. The summed E-state index contributed by atoms with van der Waals surface area (Å²) in [4.78, 5) is 6.43. The second kappa shape index (κ2) is 5.69. The number of rotatable bonds is 4. The molecular weight excluding hydrogens is 231 g/mol. The zero-order valence-electron chi connectivity index (χ0n) is 9.30. The van der Waals surface area contributed by atoms with Crippen LogP contribution < -0.4 is 0 Å². The van der Waals surface area contributed by atoms with Gasteiger partial charge in [0.1, 0.15) is 5.15 Å². The molecule has 1 heterocycles. The van der Waals surface area contributed by atoms with Crippen LogP contribution in [0.4, 0.5) is 0 Å². The van der Waals surface area contributed by atoms with Gasteiger partial charge in [0.25, 0.3) is 0 Å². The molecule has 0 amide bonds. The Balaban J connectivity index is 2.75. The number of halogens is 2. The fourth-order valence-electron chi connectivity index (χ4n) is 1.27. The Bertz CT molecular complexity index is 328. The Labute approximate surface area is 101 Å². The van der Waals surface area contributed by atoms with Crippen molar-refractivity contribution in [2.45, 2.75) is 32.9 Å². The van der Waals surface area contributed by atoms with Gasteiger partial charge in [0.2, 0.25) is 0 Å². The van der Waals surface area contributed by atoms with Gasteiger partial charge in [0.15, 0.2) is 0 Å². The molecule has 0 saturated heterocycles. The van der Waals surface area contributed by atoms with Crippen LogP contribution in [-0.2, 0) is 6.54 Å². The summed E-state index contributed by atoms with van der Waals surface area (Å²) >= 11 is 11.9. The van der Waals surface area contributed by atoms with Crippen molar-refractivity contribution < 1.29 is 0 Å². The molecule has 0 bridgehead atoms. The summed E-state index contributed by atoms with van der Waals surface area (Å²) in [6, 6.07) is 4.01. The van der Waals surface area contributed by atoms with Crippen molar-refractivity contribution in [1.82, 2.24) is 9.88 Å². The fraction of sp³-hybridized carbons (Fsp3) is 0.545. The maximum atomic E-state index is 6.04. The van der Waals surface area contributed by atoms with Crippen LogP contribution in [0, 0.1) is 0 Å². The van der Waals surface area contributed by atoms with Crippen molar-refractivity contribution in [2.75, 3.05) is 7.05 Å². The van der Waals surface area contributed by atoms with E-state index in [1.165, 1.54) is 0 Å². The van der Waals surface area contributed by atoms with Gasteiger partial charge in [-0.2, -0.15) is 0 Å². The van der Waals surface area contributed by atoms with Gasteiger partial charge in [-0.3, -0.25) is 4.90 Å². The van der Waals surface area contributed by atoms with Crippen LogP contribution in [0.3, 0.4) is 0 Å².